The van der Waals surface area contributed by atoms with Gasteiger partial charge < -0.3 is 10.2 Å². The molecule has 0 aliphatic carbocycles. The Kier molecular flexibility index (Phi) is 3.16. The van der Waals surface area contributed by atoms with Crippen molar-refractivity contribution in [3.63, 3.8) is 0 Å². The molecule has 15 heavy (non-hydrogen) atoms. The van der Waals surface area contributed by atoms with Crippen LogP contribution in [0.25, 0.3) is 6.08 Å². The van der Waals surface area contributed by atoms with E-state index in [-0.39, 0.29) is 11.4 Å². The number of aromatic hydroxyl groups is 2. The highest BCUT2D eigenvalue weighted by Gasteiger charge is 2.07. The molecule has 0 aliphatic rings. The number of nitrogens with one attached hydrogen (secondary N) is 1. The van der Waals surface area contributed by atoms with E-state index in [0.717, 1.165) is 0 Å². The minimum Gasteiger partial charge on any atom is -0.504 e. The Hall–Kier alpha value is -2.19. The van der Waals surface area contributed by atoms with Gasteiger partial charge in [0.2, 0.25) is 0 Å². The van der Waals surface area contributed by atoms with Crippen LogP contribution >= 0.6 is 0 Å². The molecular formula is C10H10N2O3. The number of phenolic OH excluding ortho intramolecular Hbond substituents is 2. The molecule has 0 saturated heterocycles. The number of hydrogen-bond acceptors (Lipinski definition) is 5. The number of nitriles is 1. The quantitative estimate of drug-likeness (QED) is 0.336. The standard InChI is InChI=1S/C10H10N2O3/c1-6(5-11)2-7-3-8(12-15)10(14)9(13)4-7/h2-4,12-15H,1H3/b6-2-. The Morgan fingerprint density at radius 2 is 2.13 bits per heavy atom. The minimum absolute atomic E-state index is 0.0213. The summed E-state index contributed by atoms with van der Waals surface area (Å²) < 4.78 is 0. The minimum atomic E-state index is -0.440. The van der Waals surface area contributed by atoms with E-state index in [1.807, 2.05) is 6.07 Å². The zero-order chi connectivity index (χ0) is 11.4. The lowest BCUT2D eigenvalue weighted by molar-refractivity contribution is 0.371. The number of benzene rings is 1. The van der Waals surface area contributed by atoms with Gasteiger partial charge in [0.1, 0.15) is 5.69 Å². The van der Waals surface area contributed by atoms with E-state index in [1.54, 1.807) is 12.4 Å². The maximum absolute atomic E-state index is 9.28. The van der Waals surface area contributed by atoms with Crippen molar-refractivity contribution in [2.75, 3.05) is 5.48 Å². The molecule has 0 amide bonds. The third kappa shape index (κ3) is 2.39. The molecule has 1 aromatic carbocycles. The second-order valence-electron chi connectivity index (χ2n) is 2.99. The van der Waals surface area contributed by atoms with Gasteiger partial charge in [0.05, 0.1) is 6.07 Å². The maximum Gasteiger partial charge on any atom is 0.183 e. The lowest BCUT2D eigenvalue weighted by Crippen LogP contribution is -1.90. The molecule has 5 nitrogen and oxygen atoms in total. The molecule has 0 atom stereocenters. The second-order valence-corrected chi connectivity index (χ2v) is 2.99. The number of nitrogens with zero attached hydrogens (tertiary/aromatic N) is 1. The third-order valence-electron chi connectivity index (χ3n) is 1.79. The Morgan fingerprint density at radius 1 is 1.47 bits per heavy atom. The van der Waals surface area contributed by atoms with Gasteiger partial charge in [-0.3, -0.25) is 10.7 Å². The van der Waals surface area contributed by atoms with Gasteiger partial charge in [0.15, 0.2) is 11.5 Å². The van der Waals surface area contributed by atoms with E-state index in [2.05, 4.69) is 0 Å². The van der Waals surface area contributed by atoms with Crippen LogP contribution in [0.1, 0.15) is 12.5 Å². The van der Waals surface area contributed by atoms with Crippen molar-refractivity contribution in [1.29, 1.82) is 5.26 Å². The first kappa shape index (κ1) is 10.9. The zero-order valence-corrected chi connectivity index (χ0v) is 8.02. The summed E-state index contributed by atoms with van der Waals surface area (Å²) in [6.45, 7) is 1.61. The van der Waals surface area contributed by atoms with Crippen molar-refractivity contribution in [3.05, 3.63) is 23.3 Å². The molecule has 0 heterocycles. The highest BCUT2D eigenvalue weighted by Crippen LogP contribution is 2.34. The van der Waals surface area contributed by atoms with E-state index >= 15 is 0 Å². The largest absolute Gasteiger partial charge is 0.504 e. The van der Waals surface area contributed by atoms with Crippen molar-refractivity contribution in [3.8, 4) is 17.6 Å². The fourth-order valence-electron chi connectivity index (χ4n) is 1.09. The molecule has 78 valence electrons. The summed E-state index contributed by atoms with van der Waals surface area (Å²) in [4.78, 5) is 0. The number of phenols is 2. The molecule has 0 unspecified atom stereocenters. The van der Waals surface area contributed by atoms with E-state index in [0.29, 0.717) is 11.1 Å². The molecule has 1 aromatic rings. The Bertz CT molecular complexity index is 447. The summed E-state index contributed by atoms with van der Waals surface area (Å²) in [5.74, 6) is -0.810. The SMILES string of the molecule is C/C(C#N)=C/c1cc(O)c(O)c(NO)c1. The first-order chi connectivity index (χ1) is 7.08. The van der Waals surface area contributed by atoms with Crippen molar-refractivity contribution >= 4 is 11.8 Å². The van der Waals surface area contributed by atoms with Crippen LogP contribution in [0.3, 0.4) is 0 Å². The number of anilines is 1. The number of hydrogen-bond donors (Lipinski definition) is 4. The van der Waals surface area contributed by atoms with Gasteiger partial charge in [-0.2, -0.15) is 5.26 Å². The predicted octanol–water partition coefficient (Wildman–Crippen LogP) is 1.83. The van der Waals surface area contributed by atoms with E-state index in [1.165, 1.54) is 18.2 Å². The molecule has 5 heteroatoms. The summed E-state index contributed by atoms with van der Waals surface area (Å²) in [6.07, 6.45) is 1.51. The van der Waals surface area contributed by atoms with Crippen molar-refractivity contribution in [2.24, 2.45) is 0 Å². The van der Waals surface area contributed by atoms with E-state index < -0.39 is 5.75 Å². The lowest BCUT2D eigenvalue weighted by atomic mass is 10.1. The normalized spacial score (nSPS) is 10.9. The summed E-state index contributed by atoms with van der Waals surface area (Å²) in [5.41, 5.74) is 2.67. The van der Waals surface area contributed by atoms with Gasteiger partial charge in [-0.15, -0.1) is 0 Å². The van der Waals surface area contributed by atoms with Gasteiger partial charge >= 0.3 is 0 Å². The first-order valence-electron chi connectivity index (χ1n) is 4.13. The zero-order valence-electron chi connectivity index (χ0n) is 8.02. The summed E-state index contributed by atoms with van der Waals surface area (Å²) in [5, 5.41) is 35.7. The van der Waals surface area contributed by atoms with Crippen LogP contribution in [-0.2, 0) is 0 Å². The third-order valence-corrected chi connectivity index (χ3v) is 1.79. The fourth-order valence-corrected chi connectivity index (χ4v) is 1.09. The summed E-state index contributed by atoms with van der Waals surface area (Å²) in [7, 11) is 0. The van der Waals surface area contributed by atoms with Gasteiger partial charge in [-0.05, 0) is 30.7 Å². The molecule has 0 bridgehead atoms. The highest BCUT2D eigenvalue weighted by molar-refractivity contribution is 5.69. The molecule has 0 spiro atoms. The number of allylic oxidation sites excluding steroid dienone is 1. The summed E-state index contributed by atoms with van der Waals surface area (Å²) >= 11 is 0. The van der Waals surface area contributed by atoms with Crippen LogP contribution in [0.2, 0.25) is 0 Å². The van der Waals surface area contributed by atoms with Gasteiger partial charge in [-0.1, -0.05) is 0 Å². The monoisotopic (exact) mass is 206 g/mol. The van der Waals surface area contributed by atoms with Crippen LogP contribution in [0.15, 0.2) is 17.7 Å². The molecule has 0 aromatic heterocycles. The molecule has 0 fully saturated rings. The molecule has 0 saturated carbocycles. The van der Waals surface area contributed by atoms with Crippen LogP contribution in [-0.4, -0.2) is 15.4 Å². The number of rotatable bonds is 2. The van der Waals surface area contributed by atoms with Crippen LogP contribution in [0.5, 0.6) is 11.5 Å². The Labute approximate surface area is 86.5 Å². The molecule has 1 rings (SSSR count). The topological polar surface area (TPSA) is 96.5 Å². The Morgan fingerprint density at radius 3 is 2.67 bits per heavy atom. The van der Waals surface area contributed by atoms with Crippen LogP contribution in [0.4, 0.5) is 5.69 Å². The van der Waals surface area contributed by atoms with Crippen molar-refractivity contribution in [1.82, 2.24) is 0 Å². The van der Waals surface area contributed by atoms with Gasteiger partial charge in [0.25, 0.3) is 0 Å². The van der Waals surface area contributed by atoms with Crippen LogP contribution in [0, 0.1) is 11.3 Å². The fraction of sp³-hybridized carbons (Fsp3) is 0.100. The maximum atomic E-state index is 9.28. The average molecular weight is 206 g/mol. The van der Waals surface area contributed by atoms with E-state index in [9.17, 15) is 10.2 Å². The molecule has 0 aliphatic heterocycles. The van der Waals surface area contributed by atoms with Crippen LogP contribution < -0.4 is 5.48 Å². The second kappa shape index (κ2) is 4.35. The molecule has 4 N–H and O–H groups in total. The predicted molar refractivity (Wildman–Crippen MR) is 54.4 cm³/mol. The van der Waals surface area contributed by atoms with E-state index in [4.69, 9.17) is 10.5 Å². The lowest BCUT2D eigenvalue weighted by Gasteiger charge is -2.06. The first-order valence-corrected chi connectivity index (χ1v) is 4.13. The highest BCUT2D eigenvalue weighted by atomic mass is 16.5. The Balaban J connectivity index is 3.24. The van der Waals surface area contributed by atoms with Crippen molar-refractivity contribution < 1.29 is 15.4 Å². The summed E-state index contributed by atoms with van der Waals surface area (Å²) in [6, 6.07) is 4.61. The smallest absolute Gasteiger partial charge is 0.183 e. The molecular weight excluding hydrogens is 196 g/mol. The van der Waals surface area contributed by atoms with Crippen molar-refractivity contribution in [2.45, 2.75) is 6.92 Å². The molecule has 0 radical (unpaired) electrons. The van der Waals surface area contributed by atoms with Gasteiger partial charge in [-0.25, -0.2) is 0 Å². The average Bonchev–Trinajstić information content (AvgIpc) is 2.22. The van der Waals surface area contributed by atoms with Gasteiger partial charge in [0, 0.05) is 5.57 Å².